The minimum Gasteiger partial charge on any atom is -0.464 e. The van der Waals surface area contributed by atoms with Crippen LogP contribution in [0.2, 0.25) is 23.2 Å². The van der Waals surface area contributed by atoms with Crippen molar-refractivity contribution in [2.75, 3.05) is 13.7 Å². The Labute approximate surface area is 228 Å². The van der Waals surface area contributed by atoms with Crippen molar-refractivity contribution in [1.82, 2.24) is 14.3 Å². The number of ether oxygens (including phenoxy) is 1. The van der Waals surface area contributed by atoms with Gasteiger partial charge in [0.05, 0.1) is 12.8 Å². The van der Waals surface area contributed by atoms with Gasteiger partial charge in [-0.15, -0.1) is 0 Å². The number of esters is 1. The quantitative estimate of drug-likeness (QED) is 0.0854. The summed E-state index contributed by atoms with van der Waals surface area (Å²) in [5.74, 6) is -0.344. The Bertz CT molecular complexity index is 1260. The van der Waals surface area contributed by atoms with Gasteiger partial charge in [0.25, 0.3) is 0 Å². The number of hydrogen-bond acceptors (Lipinski definition) is 4. The summed E-state index contributed by atoms with van der Waals surface area (Å²) < 4.78 is 16.3. The average molecular weight is 630 g/mol. The van der Waals surface area contributed by atoms with Gasteiger partial charge in [-0.1, -0.05) is 55.0 Å². The maximum atomic E-state index is 13.0. The molecule has 0 amide bonds. The van der Waals surface area contributed by atoms with Crippen LogP contribution < -0.4 is 0 Å². The first-order valence-electron chi connectivity index (χ1n) is 11.9. The molecule has 0 unspecified atom stereocenters. The maximum absolute atomic E-state index is 13.0. The Hall–Kier alpha value is -1.36. The summed E-state index contributed by atoms with van der Waals surface area (Å²) in [5.41, 5.74) is 6.40. The van der Waals surface area contributed by atoms with Crippen LogP contribution in [0.15, 0.2) is 12.1 Å². The first-order valence-corrected chi connectivity index (χ1v) is 16.7. The third-order valence-corrected chi connectivity index (χ3v) is 13.0. The van der Waals surface area contributed by atoms with E-state index in [4.69, 9.17) is 25.9 Å². The molecule has 2 heterocycles. The number of carbonyl (C=O) groups is 1. The molecular formula is C26H37ClIN3O3Si. The SMILES string of the molecule is COC(=O)c1c(C)c2c(-c3c(CI)nn(C)c3C)c(Cl)ccc2n1CCCO[Si](C)(C)C(C)(C)C. The molecule has 0 N–H and O–H groups in total. The molecule has 1 aromatic carbocycles. The van der Waals surface area contributed by atoms with Crippen LogP contribution in [0, 0.1) is 13.8 Å². The number of alkyl halides is 1. The van der Waals surface area contributed by atoms with Gasteiger partial charge in [0.2, 0.25) is 0 Å². The summed E-state index contributed by atoms with van der Waals surface area (Å²) in [4.78, 5) is 13.0. The number of benzene rings is 1. The summed E-state index contributed by atoms with van der Waals surface area (Å²) in [6, 6.07) is 3.93. The molecule has 9 heteroatoms. The predicted molar refractivity (Wildman–Crippen MR) is 155 cm³/mol. The van der Waals surface area contributed by atoms with Crippen molar-refractivity contribution in [3.63, 3.8) is 0 Å². The van der Waals surface area contributed by atoms with Gasteiger partial charge < -0.3 is 13.7 Å². The molecule has 0 aliphatic heterocycles. The fourth-order valence-corrected chi connectivity index (χ4v) is 6.18. The van der Waals surface area contributed by atoms with Gasteiger partial charge in [0.15, 0.2) is 8.32 Å². The van der Waals surface area contributed by atoms with E-state index in [-0.39, 0.29) is 11.0 Å². The normalized spacial score (nSPS) is 12.5. The fourth-order valence-electron chi connectivity index (χ4n) is 4.31. The molecule has 0 aliphatic carbocycles. The number of nitrogens with zero attached hydrogens (tertiary/aromatic N) is 3. The monoisotopic (exact) mass is 629 g/mol. The van der Waals surface area contributed by atoms with Crippen LogP contribution in [-0.2, 0) is 27.2 Å². The molecule has 3 rings (SSSR count). The molecule has 0 radical (unpaired) electrons. The van der Waals surface area contributed by atoms with Crippen molar-refractivity contribution in [3.05, 3.63) is 39.8 Å². The second kappa shape index (κ2) is 10.6. The molecule has 0 bridgehead atoms. The molecule has 0 fully saturated rings. The first kappa shape index (κ1) is 28.2. The largest absolute Gasteiger partial charge is 0.464 e. The molecule has 0 aliphatic rings. The molecule has 0 saturated carbocycles. The van der Waals surface area contributed by atoms with E-state index in [2.05, 4.69) is 67.9 Å². The number of hydrogen-bond donors (Lipinski definition) is 0. The van der Waals surface area contributed by atoms with Crippen LogP contribution in [0.4, 0.5) is 0 Å². The minimum atomic E-state index is -1.84. The van der Waals surface area contributed by atoms with Crippen molar-refractivity contribution >= 4 is 59.4 Å². The van der Waals surface area contributed by atoms with Gasteiger partial charge in [-0.25, -0.2) is 4.79 Å². The molecule has 6 nitrogen and oxygen atoms in total. The van der Waals surface area contributed by atoms with Crippen LogP contribution in [0.1, 0.15) is 54.6 Å². The van der Waals surface area contributed by atoms with Crippen LogP contribution in [0.5, 0.6) is 0 Å². The molecule has 35 heavy (non-hydrogen) atoms. The highest BCUT2D eigenvalue weighted by Gasteiger charge is 2.37. The Morgan fingerprint density at radius 1 is 1.20 bits per heavy atom. The van der Waals surface area contributed by atoms with Crippen molar-refractivity contribution < 1.29 is 14.0 Å². The molecule has 0 saturated heterocycles. The lowest BCUT2D eigenvalue weighted by molar-refractivity contribution is 0.0587. The zero-order valence-corrected chi connectivity index (χ0v) is 26.2. The zero-order chi connectivity index (χ0) is 26.3. The third kappa shape index (κ3) is 5.22. The van der Waals surface area contributed by atoms with Crippen LogP contribution >= 0.6 is 34.2 Å². The van der Waals surface area contributed by atoms with E-state index in [1.54, 1.807) is 0 Å². The van der Waals surface area contributed by atoms with E-state index in [1.807, 2.05) is 30.8 Å². The van der Waals surface area contributed by atoms with E-state index >= 15 is 0 Å². The topological polar surface area (TPSA) is 58.3 Å². The van der Waals surface area contributed by atoms with Crippen LogP contribution in [-0.4, -0.2) is 42.4 Å². The molecule has 3 aromatic rings. The van der Waals surface area contributed by atoms with Gasteiger partial charge in [0.1, 0.15) is 5.69 Å². The second-order valence-electron chi connectivity index (χ2n) is 10.6. The highest BCUT2D eigenvalue weighted by molar-refractivity contribution is 14.1. The smallest absolute Gasteiger partial charge is 0.354 e. The van der Waals surface area contributed by atoms with E-state index in [9.17, 15) is 4.79 Å². The number of carbonyl (C=O) groups excluding carboxylic acids is 1. The van der Waals surface area contributed by atoms with E-state index in [0.29, 0.717) is 23.9 Å². The summed E-state index contributed by atoms with van der Waals surface area (Å²) in [6.45, 7) is 16.6. The van der Waals surface area contributed by atoms with Crippen LogP contribution in [0.25, 0.3) is 22.0 Å². The van der Waals surface area contributed by atoms with Crippen molar-refractivity contribution in [3.8, 4) is 11.1 Å². The fraction of sp³-hybridized carbons (Fsp3) is 0.538. The van der Waals surface area contributed by atoms with Gasteiger partial charge in [0, 0.05) is 57.4 Å². The third-order valence-electron chi connectivity index (χ3n) is 7.38. The Morgan fingerprint density at radius 3 is 2.43 bits per heavy atom. The molecule has 2 aromatic heterocycles. The molecule has 0 atom stereocenters. The first-order chi connectivity index (χ1) is 16.3. The molecule has 192 valence electrons. The zero-order valence-electron chi connectivity index (χ0n) is 22.3. The predicted octanol–water partition coefficient (Wildman–Crippen LogP) is 7.45. The van der Waals surface area contributed by atoms with E-state index in [0.717, 1.165) is 49.8 Å². The second-order valence-corrected chi connectivity index (χ2v) is 16.5. The Kier molecular flexibility index (Phi) is 8.51. The van der Waals surface area contributed by atoms with Gasteiger partial charge in [-0.2, -0.15) is 5.10 Å². The highest BCUT2D eigenvalue weighted by Crippen LogP contribution is 2.43. The summed E-state index contributed by atoms with van der Waals surface area (Å²) in [5, 5.41) is 6.49. The lowest BCUT2D eigenvalue weighted by Gasteiger charge is -2.36. The van der Waals surface area contributed by atoms with Crippen molar-refractivity contribution in [2.45, 2.75) is 70.1 Å². The van der Waals surface area contributed by atoms with Crippen molar-refractivity contribution in [2.24, 2.45) is 7.05 Å². The summed E-state index contributed by atoms with van der Waals surface area (Å²) in [7, 11) is 1.54. The average Bonchev–Trinajstić information content (AvgIpc) is 3.23. The molecular weight excluding hydrogens is 593 g/mol. The number of aryl methyl sites for hydroxylation is 3. The van der Waals surface area contributed by atoms with E-state index in [1.165, 1.54) is 7.11 Å². The maximum Gasteiger partial charge on any atom is 0.354 e. The molecule has 0 spiro atoms. The highest BCUT2D eigenvalue weighted by atomic mass is 127. The number of halogens is 2. The number of methoxy groups -OCH3 is 1. The minimum absolute atomic E-state index is 0.157. The van der Waals surface area contributed by atoms with E-state index < -0.39 is 8.32 Å². The lowest BCUT2D eigenvalue weighted by atomic mass is 9.97. The number of aromatic nitrogens is 3. The lowest BCUT2D eigenvalue weighted by Crippen LogP contribution is -2.41. The van der Waals surface area contributed by atoms with Gasteiger partial charge >= 0.3 is 5.97 Å². The van der Waals surface area contributed by atoms with Gasteiger partial charge in [-0.3, -0.25) is 4.68 Å². The Balaban J connectivity index is 2.14. The number of rotatable bonds is 8. The van der Waals surface area contributed by atoms with Crippen LogP contribution in [0.3, 0.4) is 0 Å². The Morgan fingerprint density at radius 2 is 1.86 bits per heavy atom. The summed E-state index contributed by atoms with van der Waals surface area (Å²) in [6.07, 6.45) is 0.794. The summed E-state index contributed by atoms with van der Waals surface area (Å²) >= 11 is 9.17. The van der Waals surface area contributed by atoms with Gasteiger partial charge in [-0.05, 0) is 56.1 Å². The van der Waals surface area contributed by atoms with Crippen molar-refractivity contribution in [1.29, 1.82) is 0 Å². The standard InChI is InChI=1S/C26H37ClIN3O3Si/c1-16-21-20(12-11-18(27)23(21)22-17(2)30(6)29-19(22)15-28)31(24(16)25(32)33-7)13-10-14-34-35(8,9)26(3,4)5/h11-12H,10,13-15H2,1-9H3. The number of fused-ring (bicyclic) bond motifs is 1.